The first-order valence-corrected chi connectivity index (χ1v) is 8.99. The minimum atomic E-state index is -0.374. The summed E-state index contributed by atoms with van der Waals surface area (Å²) >= 11 is 1.60. The first-order valence-electron chi connectivity index (χ1n) is 8.11. The van der Waals surface area contributed by atoms with Crippen molar-refractivity contribution in [3.05, 3.63) is 11.1 Å². The molecule has 1 aliphatic heterocycles. The number of hydrogen-bond acceptors (Lipinski definition) is 5. The van der Waals surface area contributed by atoms with Crippen LogP contribution in [0.1, 0.15) is 50.6 Å². The van der Waals surface area contributed by atoms with Gasteiger partial charge in [0.1, 0.15) is 0 Å². The van der Waals surface area contributed by atoms with Gasteiger partial charge < -0.3 is 4.90 Å². The molecule has 0 aromatic carbocycles. The summed E-state index contributed by atoms with van der Waals surface area (Å²) in [6, 6.07) is 0.621. The van der Waals surface area contributed by atoms with E-state index in [-0.39, 0.29) is 17.2 Å². The van der Waals surface area contributed by atoms with Gasteiger partial charge in [-0.3, -0.25) is 14.5 Å². The van der Waals surface area contributed by atoms with Gasteiger partial charge in [-0.1, -0.05) is 12.8 Å². The topological polar surface area (TPSA) is 53.5 Å². The summed E-state index contributed by atoms with van der Waals surface area (Å²) < 4.78 is 0. The molecular weight excluding hydrogens is 298 g/mol. The van der Waals surface area contributed by atoms with Crippen LogP contribution in [0.3, 0.4) is 0 Å². The highest BCUT2D eigenvalue weighted by Gasteiger charge is 2.52. The minimum Gasteiger partial charge on any atom is -0.348 e. The zero-order valence-electron chi connectivity index (χ0n) is 12.9. The number of carbonyl (C=O) groups excluding carboxylic acids is 2. The molecule has 0 atom stereocenters. The number of rotatable bonds is 4. The van der Waals surface area contributed by atoms with Gasteiger partial charge in [-0.25, -0.2) is 4.98 Å². The number of carbonyl (C=O) groups is 2. The summed E-state index contributed by atoms with van der Waals surface area (Å²) in [5.41, 5.74) is 0.463. The van der Waals surface area contributed by atoms with E-state index in [1.54, 1.807) is 11.3 Å². The summed E-state index contributed by atoms with van der Waals surface area (Å²) in [5.74, 6) is 0.0251. The molecule has 3 aliphatic rings. The molecule has 0 N–H and O–H groups in total. The van der Waals surface area contributed by atoms with Crippen molar-refractivity contribution in [2.75, 3.05) is 11.9 Å². The number of nitrogens with zero attached hydrogens (tertiary/aromatic N) is 3. The monoisotopic (exact) mass is 319 g/mol. The number of imide groups is 1. The lowest BCUT2D eigenvalue weighted by molar-refractivity contribution is -0.142. The molecule has 1 aromatic heterocycles. The molecule has 22 heavy (non-hydrogen) atoms. The van der Waals surface area contributed by atoms with Crippen LogP contribution in [0.4, 0.5) is 5.13 Å². The van der Waals surface area contributed by atoms with Crippen LogP contribution in [0.15, 0.2) is 5.38 Å². The van der Waals surface area contributed by atoms with Crippen molar-refractivity contribution in [3.8, 4) is 0 Å². The molecule has 2 heterocycles. The molecule has 5 nitrogen and oxygen atoms in total. The van der Waals surface area contributed by atoms with E-state index < -0.39 is 0 Å². The highest BCUT2D eigenvalue weighted by Crippen LogP contribution is 2.47. The van der Waals surface area contributed by atoms with Crippen LogP contribution in [0.2, 0.25) is 0 Å². The molecule has 3 fully saturated rings. The molecule has 2 amide bonds. The van der Waals surface area contributed by atoms with Crippen LogP contribution in [0.25, 0.3) is 0 Å². The summed E-state index contributed by atoms with van der Waals surface area (Å²) in [6.07, 6.45) is 6.76. The molecular formula is C16H21N3O2S. The summed E-state index contributed by atoms with van der Waals surface area (Å²) in [5, 5.41) is 2.97. The Labute approximate surface area is 134 Å². The summed E-state index contributed by atoms with van der Waals surface area (Å²) in [4.78, 5) is 33.2. The van der Waals surface area contributed by atoms with Crippen LogP contribution in [0.5, 0.6) is 0 Å². The maximum absolute atomic E-state index is 12.7. The maximum atomic E-state index is 12.7. The average molecular weight is 319 g/mol. The Bertz CT molecular complexity index is 617. The predicted octanol–water partition coefficient (Wildman–Crippen LogP) is 2.56. The van der Waals surface area contributed by atoms with Gasteiger partial charge >= 0.3 is 0 Å². The third kappa shape index (κ3) is 2.24. The third-order valence-electron chi connectivity index (χ3n) is 5.31. The first kappa shape index (κ1) is 14.2. The third-order valence-corrected chi connectivity index (χ3v) is 6.29. The number of anilines is 1. The second-order valence-electron chi connectivity index (χ2n) is 6.91. The Morgan fingerprint density at radius 3 is 2.77 bits per heavy atom. The van der Waals surface area contributed by atoms with Crippen molar-refractivity contribution in [3.63, 3.8) is 0 Å². The lowest BCUT2D eigenvalue weighted by atomic mass is 9.84. The molecule has 1 spiro atoms. The van der Waals surface area contributed by atoms with Gasteiger partial charge in [0.2, 0.25) is 11.8 Å². The van der Waals surface area contributed by atoms with Gasteiger partial charge in [0.15, 0.2) is 5.13 Å². The SMILES string of the molecule is CN(c1nc(CN2C(=O)CC3(CCCC3)C2=O)cs1)C1CC1. The molecule has 2 aliphatic carbocycles. The zero-order chi connectivity index (χ0) is 15.3. The molecule has 1 aromatic rings. The van der Waals surface area contributed by atoms with Crippen molar-refractivity contribution in [2.45, 2.75) is 57.5 Å². The van der Waals surface area contributed by atoms with E-state index in [1.165, 1.54) is 17.7 Å². The van der Waals surface area contributed by atoms with Crippen molar-refractivity contribution in [1.29, 1.82) is 0 Å². The minimum absolute atomic E-state index is 0.0167. The highest BCUT2D eigenvalue weighted by molar-refractivity contribution is 7.13. The molecule has 0 radical (unpaired) electrons. The van der Waals surface area contributed by atoms with E-state index in [0.717, 1.165) is 36.5 Å². The standard InChI is InChI=1S/C16H21N3O2S/c1-18(12-4-5-12)15-17-11(10-22-15)9-19-13(20)8-16(14(19)21)6-2-3-7-16/h10,12H,2-9H2,1H3. The zero-order valence-corrected chi connectivity index (χ0v) is 13.7. The molecule has 4 rings (SSSR count). The van der Waals surface area contributed by atoms with Gasteiger partial charge in [-0.2, -0.15) is 0 Å². The normalized spacial score (nSPS) is 23.8. The smallest absolute Gasteiger partial charge is 0.236 e. The lowest BCUT2D eigenvalue weighted by Gasteiger charge is -2.20. The van der Waals surface area contributed by atoms with E-state index in [2.05, 4.69) is 16.9 Å². The molecule has 6 heteroatoms. The van der Waals surface area contributed by atoms with Gasteiger partial charge in [0.05, 0.1) is 17.7 Å². The number of amides is 2. The van der Waals surface area contributed by atoms with Crippen molar-refractivity contribution in [2.24, 2.45) is 5.41 Å². The van der Waals surface area contributed by atoms with E-state index in [0.29, 0.717) is 19.0 Å². The van der Waals surface area contributed by atoms with Gasteiger partial charge in [0.25, 0.3) is 0 Å². The molecule has 118 valence electrons. The van der Waals surface area contributed by atoms with Gasteiger partial charge in [-0.15, -0.1) is 11.3 Å². The lowest BCUT2D eigenvalue weighted by Crippen LogP contribution is -2.34. The fraction of sp³-hybridized carbons (Fsp3) is 0.688. The Hall–Kier alpha value is -1.43. The molecule has 0 unspecified atom stereocenters. The van der Waals surface area contributed by atoms with E-state index in [9.17, 15) is 9.59 Å². The average Bonchev–Trinajstić information content (AvgIpc) is 2.98. The maximum Gasteiger partial charge on any atom is 0.236 e. The number of thiazole rings is 1. The fourth-order valence-electron chi connectivity index (χ4n) is 3.77. The Morgan fingerprint density at radius 2 is 2.09 bits per heavy atom. The summed E-state index contributed by atoms with van der Waals surface area (Å²) in [6.45, 7) is 0.342. The van der Waals surface area contributed by atoms with Crippen LogP contribution >= 0.6 is 11.3 Å². The first-order chi connectivity index (χ1) is 10.6. The Kier molecular flexibility index (Phi) is 3.25. The van der Waals surface area contributed by atoms with Crippen LogP contribution in [0, 0.1) is 5.41 Å². The van der Waals surface area contributed by atoms with Gasteiger partial charge in [-0.05, 0) is 25.7 Å². The van der Waals surface area contributed by atoms with Gasteiger partial charge in [0, 0.05) is 24.9 Å². The van der Waals surface area contributed by atoms with Crippen LogP contribution in [-0.2, 0) is 16.1 Å². The van der Waals surface area contributed by atoms with E-state index in [4.69, 9.17) is 0 Å². The molecule has 0 bridgehead atoms. The quantitative estimate of drug-likeness (QED) is 0.800. The fourth-order valence-corrected chi connectivity index (χ4v) is 4.63. The highest BCUT2D eigenvalue weighted by atomic mass is 32.1. The largest absolute Gasteiger partial charge is 0.348 e. The molecule has 2 saturated carbocycles. The van der Waals surface area contributed by atoms with Crippen LogP contribution < -0.4 is 4.90 Å². The molecule has 1 saturated heterocycles. The second kappa shape index (κ2) is 5.05. The van der Waals surface area contributed by atoms with Crippen molar-refractivity contribution < 1.29 is 9.59 Å². The van der Waals surface area contributed by atoms with E-state index >= 15 is 0 Å². The predicted molar refractivity (Wildman–Crippen MR) is 84.6 cm³/mol. The number of hydrogen-bond donors (Lipinski definition) is 0. The van der Waals surface area contributed by atoms with Crippen LogP contribution in [-0.4, -0.2) is 34.8 Å². The number of likely N-dealkylation sites (tertiary alicyclic amines) is 1. The Morgan fingerprint density at radius 1 is 1.36 bits per heavy atom. The van der Waals surface area contributed by atoms with E-state index in [1.807, 2.05) is 5.38 Å². The second-order valence-corrected chi connectivity index (χ2v) is 7.75. The Balaban J connectivity index is 1.49. The van der Waals surface area contributed by atoms with Crippen molar-refractivity contribution in [1.82, 2.24) is 9.88 Å². The number of aromatic nitrogens is 1. The summed E-state index contributed by atoms with van der Waals surface area (Å²) in [7, 11) is 2.07. The van der Waals surface area contributed by atoms with Crippen molar-refractivity contribution >= 4 is 28.3 Å².